The molecule has 1 atom stereocenters. The number of benzene rings is 1. The van der Waals surface area contributed by atoms with E-state index in [-0.39, 0.29) is 11.7 Å². The first kappa shape index (κ1) is 15.3. The van der Waals surface area contributed by atoms with Crippen LogP contribution in [-0.2, 0) is 12.8 Å². The van der Waals surface area contributed by atoms with Gasteiger partial charge < -0.3 is 10.1 Å². The van der Waals surface area contributed by atoms with E-state index < -0.39 is 0 Å². The largest absolute Gasteiger partial charge is 0.496 e. The molecule has 0 amide bonds. The van der Waals surface area contributed by atoms with Crippen LogP contribution in [0.5, 0.6) is 5.75 Å². The standard InChI is InChI=1S/C17H26FNO/c1-5-19-13-7-6-12-10-15(20-4)16(11(2)3)17(18)14(12)9-8-13/h10-11,13,19H,5-9H2,1-4H3/t13-/m0/s1. The second-order valence-electron chi connectivity index (χ2n) is 5.93. The highest BCUT2D eigenvalue weighted by Gasteiger charge is 2.24. The Kier molecular flexibility index (Phi) is 5.03. The minimum atomic E-state index is -0.0356. The van der Waals surface area contributed by atoms with Crippen molar-refractivity contribution in [3.8, 4) is 5.75 Å². The summed E-state index contributed by atoms with van der Waals surface area (Å²) in [7, 11) is 1.63. The van der Waals surface area contributed by atoms with E-state index in [1.165, 1.54) is 0 Å². The lowest BCUT2D eigenvalue weighted by molar-refractivity contribution is 0.400. The molecule has 1 aromatic rings. The second kappa shape index (κ2) is 6.57. The van der Waals surface area contributed by atoms with Gasteiger partial charge in [0.15, 0.2) is 0 Å². The van der Waals surface area contributed by atoms with Crippen molar-refractivity contribution >= 4 is 0 Å². The van der Waals surface area contributed by atoms with Crippen LogP contribution in [0.3, 0.4) is 0 Å². The fourth-order valence-corrected chi connectivity index (χ4v) is 3.22. The van der Waals surface area contributed by atoms with Gasteiger partial charge in [0, 0.05) is 11.6 Å². The van der Waals surface area contributed by atoms with Crippen molar-refractivity contribution in [2.24, 2.45) is 0 Å². The van der Waals surface area contributed by atoms with Crippen molar-refractivity contribution in [3.05, 3.63) is 28.6 Å². The summed E-state index contributed by atoms with van der Waals surface area (Å²) >= 11 is 0. The van der Waals surface area contributed by atoms with Gasteiger partial charge in [-0.25, -0.2) is 4.39 Å². The number of hydrogen-bond acceptors (Lipinski definition) is 2. The Morgan fingerprint density at radius 3 is 2.65 bits per heavy atom. The molecule has 0 saturated carbocycles. The molecule has 0 unspecified atom stereocenters. The quantitative estimate of drug-likeness (QED) is 0.846. The van der Waals surface area contributed by atoms with Crippen molar-refractivity contribution in [3.63, 3.8) is 0 Å². The molecule has 20 heavy (non-hydrogen) atoms. The van der Waals surface area contributed by atoms with Gasteiger partial charge in [0.1, 0.15) is 11.6 Å². The average molecular weight is 279 g/mol. The summed E-state index contributed by atoms with van der Waals surface area (Å²) in [6.45, 7) is 7.14. The van der Waals surface area contributed by atoms with Crippen LogP contribution < -0.4 is 10.1 Å². The van der Waals surface area contributed by atoms with Crippen molar-refractivity contribution in [1.82, 2.24) is 5.32 Å². The molecule has 2 rings (SSSR count). The van der Waals surface area contributed by atoms with Crippen molar-refractivity contribution in [2.75, 3.05) is 13.7 Å². The van der Waals surface area contributed by atoms with E-state index in [0.717, 1.165) is 48.9 Å². The van der Waals surface area contributed by atoms with Crippen LogP contribution >= 0.6 is 0 Å². The predicted octanol–water partition coefficient (Wildman–Crippen LogP) is 3.81. The van der Waals surface area contributed by atoms with Gasteiger partial charge in [-0.1, -0.05) is 20.8 Å². The third-order valence-electron chi connectivity index (χ3n) is 4.25. The Hall–Kier alpha value is -1.09. The molecule has 0 aromatic heterocycles. The smallest absolute Gasteiger partial charge is 0.133 e. The van der Waals surface area contributed by atoms with Gasteiger partial charge in [-0.3, -0.25) is 0 Å². The Labute approximate surface area is 121 Å². The molecule has 0 radical (unpaired) electrons. The maximum atomic E-state index is 14.8. The average Bonchev–Trinajstić information content (AvgIpc) is 2.61. The summed E-state index contributed by atoms with van der Waals surface area (Å²) in [5.74, 6) is 0.813. The lowest BCUT2D eigenvalue weighted by atomic mass is 9.93. The highest BCUT2D eigenvalue weighted by atomic mass is 19.1. The van der Waals surface area contributed by atoms with E-state index in [9.17, 15) is 4.39 Å². The first-order chi connectivity index (χ1) is 9.58. The summed E-state index contributed by atoms with van der Waals surface area (Å²) in [6.07, 6.45) is 3.84. The van der Waals surface area contributed by atoms with Gasteiger partial charge in [0.05, 0.1) is 7.11 Å². The van der Waals surface area contributed by atoms with Crippen LogP contribution in [0.4, 0.5) is 4.39 Å². The molecule has 0 bridgehead atoms. The van der Waals surface area contributed by atoms with Crippen molar-refractivity contribution in [2.45, 2.75) is 58.4 Å². The van der Waals surface area contributed by atoms with E-state index in [0.29, 0.717) is 11.8 Å². The summed E-state index contributed by atoms with van der Waals surface area (Å²) in [5.41, 5.74) is 2.77. The van der Waals surface area contributed by atoms with E-state index in [1.807, 2.05) is 13.8 Å². The van der Waals surface area contributed by atoms with Crippen LogP contribution in [0.1, 0.15) is 56.2 Å². The van der Waals surface area contributed by atoms with Crippen LogP contribution in [-0.4, -0.2) is 19.7 Å². The lowest BCUT2D eigenvalue weighted by Gasteiger charge is -2.18. The van der Waals surface area contributed by atoms with Crippen LogP contribution in [0.25, 0.3) is 0 Å². The maximum Gasteiger partial charge on any atom is 0.133 e. The zero-order chi connectivity index (χ0) is 14.7. The monoisotopic (exact) mass is 279 g/mol. The Morgan fingerprint density at radius 2 is 2.05 bits per heavy atom. The molecule has 0 spiro atoms. The molecule has 0 saturated heterocycles. The number of methoxy groups -OCH3 is 1. The third-order valence-corrected chi connectivity index (χ3v) is 4.25. The molecule has 1 aliphatic rings. The molecule has 1 aliphatic carbocycles. The minimum absolute atomic E-state index is 0.0356. The predicted molar refractivity (Wildman–Crippen MR) is 81.1 cm³/mol. The number of fused-ring (bicyclic) bond motifs is 1. The molecular weight excluding hydrogens is 253 g/mol. The Morgan fingerprint density at radius 1 is 1.35 bits per heavy atom. The molecule has 3 heteroatoms. The lowest BCUT2D eigenvalue weighted by Crippen LogP contribution is -2.28. The van der Waals surface area contributed by atoms with Gasteiger partial charge in [0.2, 0.25) is 0 Å². The minimum Gasteiger partial charge on any atom is -0.496 e. The molecule has 1 aromatic carbocycles. The van der Waals surface area contributed by atoms with Crippen molar-refractivity contribution in [1.29, 1.82) is 0 Å². The SMILES string of the molecule is CCN[C@H]1CCc2cc(OC)c(C(C)C)c(F)c2CC1. The van der Waals surface area contributed by atoms with E-state index in [1.54, 1.807) is 7.11 Å². The van der Waals surface area contributed by atoms with Crippen LogP contribution in [0.2, 0.25) is 0 Å². The fourth-order valence-electron chi connectivity index (χ4n) is 3.22. The molecule has 1 N–H and O–H groups in total. The summed E-state index contributed by atoms with van der Waals surface area (Å²) in [5, 5.41) is 3.49. The number of aryl methyl sites for hydroxylation is 1. The molecule has 2 nitrogen and oxygen atoms in total. The normalized spacial score (nSPS) is 18.8. The zero-order valence-electron chi connectivity index (χ0n) is 13.1. The van der Waals surface area contributed by atoms with E-state index >= 15 is 0 Å². The highest BCUT2D eigenvalue weighted by Crippen LogP contribution is 2.36. The van der Waals surface area contributed by atoms with Gasteiger partial charge in [0.25, 0.3) is 0 Å². The maximum absolute atomic E-state index is 14.8. The van der Waals surface area contributed by atoms with E-state index in [2.05, 4.69) is 18.3 Å². The fraction of sp³-hybridized carbons (Fsp3) is 0.647. The zero-order valence-corrected chi connectivity index (χ0v) is 13.1. The van der Waals surface area contributed by atoms with Gasteiger partial charge in [-0.05, 0) is 55.3 Å². The summed E-state index contributed by atoms with van der Waals surface area (Å²) < 4.78 is 20.3. The number of rotatable bonds is 4. The summed E-state index contributed by atoms with van der Waals surface area (Å²) in [6, 6.07) is 2.56. The van der Waals surface area contributed by atoms with E-state index in [4.69, 9.17) is 4.74 Å². The van der Waals surface area contributed by atoms with Crippen LogP contribution in [0.15, 0.2) is 6.07 Å². The Balaban J connectivity index is 2.38. The Bertz CT molecular complexity index is 471. The van der Waals surface area contributed by atoms with Crippen molar-refractivity contribution < 1.29 is 9.13 Å². The molecule has 112 valence electrons. The third kappa shape index (κ3) is 2.98. The highest BCUT2D eigenvalue weighted by molar-refractivity contribution is 5.46. The second-order valence-corrected chi connectivity index (χ2v) is 5.93. The van der Waals surface area contributed by atoms with Gasteiger partial charge in [-0.15, -0.1) is 0 Å². The van der Waals surface area contributed by atoms with Crippen LogP contribution in [0, 0.1) is 5.82 Å². The topological polar surface area (TPSA) is 21.3 Å². The first-order valence-electron chi connectivity index (χ1n) is 7.70. The number of ether oxygens (including phenoxy) is 1. The number of nitrogens with one attached hydrogen (secondary N) is 1. The van der Waals surface area contributed by atoms with Gasteiger partial charge in [-0.2, -0.15) is 0 Å². The number of halogens is 1. The first-order valence-corrected chi connectivity index (χ1v) is 7.70. The molecule has 0 aliphatic heterocycles. The molecule has 0 heterocycles. The number of hydrogen-bond donors (Lipinski definition) is 1. The molecule has 0 fully saturated rings. The molecular formula is C17H26FNO. The summed E-state index contributed by atoms with van der Waals surface area (Å²) in [4.78, 5) is 0. The van der Waals surface area contributed by atoms with Gasteiger partial charge >= 0.3 is 0 Å².